The molecule has 0 aromatic heterocycles. The number of anilines is 3. The Morgan fingerprint density at radius 3 is 1.31 bits per heavy atom. The highest BCUT2D eigenvalue weighted by atomic mass is 15.1. The molecule has 0 N–H and O–H groups in total. The first kappa shape index (κ1) is 35.7. The van der Waals surface area contributed by atoms with Crippen molar-refractivity contribution >= 4 is 17.1 Å². The van der Waals surface area contributed by atoms with Crippen molar-refractivity contribution < 1.29 is 0 Å². The van der Waals surface area contributed by atoms with Crippen LogP contribution < -0.4 is 4.90 Å². The van der Waals surface area contributed by atoms with E-state index in [9.17, 15) is 0 Å². The molecule has 0 saturated heterocycles. The highest BCUT2D eigenvalue weighted by Gasteiger charge is 2.44. The normalized spacial score (nSPS) is 15.9. The van der Waals surface area contributed by atoms with Gasteiger partial charge in [0.15, 0.2) is 0 Å². The maximum atomic E-state index is 2.43. The Hall–Kier alpha value is -7.22. The third kappa shape index (κ3) is 5.47. The Bertz CT molecular complexity index is 3110. The third-order valence-corrected chi connectivity index (χ3v) is 14.0. The number of rotatable bonds is 6. The van der Waals surface area contributed by atoms with E-state index in [0.717, 1.165) is 17.1 Å². The number of benzene rings is 9. The van der Waals surface area contributed by atoms with Crippen LogP contribution in [-0.4, -0.2) is 0 Å². The first-order chi connectivity index (χ1) is 29.9. The van der Waals surface area contributed by atoms with Crippen molar-refractivity contribution in [3.63, 3.8) is 0 Å². The summed E-state index contributed by atoms with van der Waals surface area (Å²) in [5.41, 5.74) is 26.3. The van der Waals surface area contributed by atoms with Crippen molar-refractivity contribution in [1.82, 2.24) is 0 Å². The standard InChI is InChI=1S/C60H45N/c1-38-21-23-41(24-22-38)46-35-36-47(59-57-52-18-9-7-16-50(52)56(58(46)59)51-17-8-10-19-53(51)57)42-27-31-44(32-28-42)61(43-29-25-40(26-30-43)39-13-5-4-6-14-39)45-33-34-49-48-15-11-12-20-54(48)60(2,3)55(49)37-45/h4-37,56-57H,1-3H3. The molecule has 0 spiro atoms. The van der Waals surface area contributed by atoms with Gasteiger partial charge >= 0.3 is 0 Å². The van der Waals surface area contributed by atoms with E-state index in [-0.39, 0.29) is 17.3 Å². The minimum absolute atomic E-state index is 0.102. The topological polar surface area (TPSA) is 3.24 Å². The summed E-state index contributed by atoms with van der Waals surface area (Å²) in [7, 11) is 0. The van der Waals surface area contributed by atoms with E-state index >= 15 is 0 Å². The van der Waals surface area contributed by atoms with Crippen molar-refractivity contribution in [2.75, 3.05) is 4.90 Å². The number of hydrogen-bond acceptors (Lipinski definition) is 1. The van der Waals surface area contributed by atoms with Crippen molar-refractivity contribution in [1.29, 1.82) is 0 Å². The van der Waals surface area contributed by atoms with E-state index in [1.807, 2.05) is 0 Å². The van der Waals surface area contributed by atoms with E-state index in [0.29, 0.717) is 0 Å². The molecule has 0 fully saturated rings. The van der Waals surface area contributed by atoms with E-state index in [4.69, 9.17) is 0 Å². The largest absolute Gasteiger partial charge is 0.310 e. The summed E-state index contributed by atoms with van der Waals surface area (Å²) in [4.78, 5) is 2.43. The molecule has 0 saturated carbocycles. The van der Waals surface area contributed by atoms with E-state index in [1.165, 1.54) is 94.6 Å². The Balaban J connectivity index is 1.01. The van der Waals surface area contributed by atoms with Crippen molar-refractivity contribution in [3.05, 3.63) is 256 Å². The molecule has 2 bridgehead atoms. The minimum atomic E-state index is -0.102. The van der Waals surface area contributed by atoms with Crippen LogP contribution in [0, 0.1) is 6.92 Å². The van der Waals surface area contributed by atoms with Gasteiger partial charge < -0.3 is 4.90 Å². The van der Waals surface area contributed by atoms with Gasteiger partial charge in [0.25, 0.3) is 0 Å². The lowest BCUT2D eigenvalue weighted by Crippen LogP contribution is -2.28. The first-order valence-electron chi connectivity index (χ1n) is 21.7. The van der Waals surface area contributed by atoms with E-state index in [2.05, 4.69) is 232 Å². The predicted molar refractivity (Wildman–Crippen MR) is 255 cm³/mol. The maximum absolute atomic E-state index is 2.43. The van der Waals surface area contributed by atoms with Gasteiger partial charge in [-0.3, -0.25) is 0 Å². The van der Waals surface area contributed by atoms with Gasteiger partial charge in [0.05, 0.1) is 0 Å². The number of nitrogens with zero attached hydrogens (tertiary/aromatic N) is 1. The van der Waals surface area contributed by atoms with Crippen molar-refractivity contribution in [3.8, 4) is 44.5 Å². The molecule has 0 unspecified atom stereocenters. The lowest BCUT2D eigenvalue weighted by Gasteiger charge is -2.44. The van der Waals surface area contributed by atoms with Crippen molar-refractivity contribution in [2.24, 2.45) is 0 Å². The lowest BCUT2D eigenvalue weighted by atomic mass is 9.58. The summed E-state index contributed by atoms with van der Waals surface area (Å²) < 4.78 is 0. The quantitative estimate of drug-likeness (QED) is 0.162. The highest BCUT2D eigenvalue weighted by molar-refractivity contribution is 5.89. The zero-order valence-electron chi connectivity index (χ0n) is 34.7. The molecule has 0 aliphatic heterocycles. The highest BCUT2D eigenvalue weighted by Crippen LogP contribution is 2.60. The Kier molecular flexibility index (Phi) is 7.99. The number of fused-ring (bicyclic) bond motifs is 3. The molecule has 1 heteroatoms. The second-order valence-electron chi connectivity index (χ2n) is 17.7. The summed E-state index contributed by atoms with van der Waals surface area (Å²) in [6, 6.07) is 77.3. The fraction of sp³-hybridized carbons (Fsp3) is 0.100. The molecule has 0 amide bonds. The van der Waals surface area contributed by atoms with Crippen LogP contribution in [0.1, 0.15) is 75.8 Å². The molecule has 4 aliphatic rings. The zero-order chi connectivity index (χ0) is 40.8. The molecule has 1 nitrogen and oxygen atoms in total. The van der Waals surface area contributed by atoms with E-state index in [1.54, 1.807) is 0 Å². The molecule has 9 aromatic carbocycles. The van der Waals surface area contributed by atoms with Gasteiger partial charge in [-0.25, -0.2) is 0 Å². The fourth-order valence-electron chi connectivity index (χ4n) is 11.0. The van der Waals surface area contributed by atoms with Crippen LogP contribution >= 0.6 is 0 Å². The number of hydrogen-bond donors (Lipinski definition) is 0. The van der Waals surface area contributed by atoms with Crippen LogP contribution in [0.25, 0.3) is 44.5 Å². The van der Waals surface area contributed by atoms with Crippen LogP contribution in [0.2, 0.25) is 0 Å². The van der Waals surface area contributed by atoms with Gasteiger partial charge in [-0.2, -0.15) is 0 Å². The summed E-state index contributed by atoms with van der Waals surface area (Å²) in [5.74, 6) is 0.332. The fourth-order valence-corrected chi connectivity index (χ4v) is 11.0. The minimum Gasteiger partial charge on any atom is -0.310 e. The van der Waals surface area contributed by atoms with Crippen LogP contribution in [0.15, 0.2) is 206 Å². The van der Waals surface area contributed by atoms with Crippen LogP contribution in [0.4, 0.5) is 17.1 Å². The van der Waals surface area contributed by atoms with Gasteiger partial charge in [-0.1, -0.05) is 189 Å². The summed E-state index contributed by atoms with van der Waals surface area (Å²) in [5, 5.41) is 0. The Labute approximate surface area is 359 Å². The molecular weight excluding hydrogens is 735 g/mol. The zero-order valence-corrected chi connectivity index (χ0v) is 34.7. The first-order valence-corrected chi connectivity index (χ1v) is 21.7. The molecule has 0 radical (unpaired) electrons. The second-order valence-corrected chi connectivity index (χ2v) is 17.7. The molecular formula is C60H45N. The van der Waals surface area contributed by atoms with Crippen molar-refractivity contribution in [2.45, 2.75) is 38.0 Å². The van der Waals surface area contributed by atoms with Crippen LogP contribution in [0.5, 0.6) is 0 Å². The number of aryl methyl sites for hydroxylation is 1. The summed E-state index contributed by atoms with van der Waals surface area (Å²) in [6.45, 7) is 6.90. The molecule has 0 atom stereocenters. The Morgan fingerprint density at radius 2 is 0.754 bits per heavy atom. The summed E-state index contributed by atoms with van der Waals surface area (Å²) in [6.07, 6.45) is 0. The van der Waals surface area contributed by atoms with Crippen LogP contribution in [-0.2, 0) is 5.41 Å². The second kappa shape index (κ2) is 13.7. The molecule has 4 aliphatic carbocycles. The van der Waals surface area contributed by atoms with Gasteiger partial charge in [0.2, 0.25) is 0 Å². The molecule has 0 heterocycles. The van der Waals surface area contributed by atoms with Gasteiger partial charge in [0, 0.05) is 34.3 Å². The average molecular weight is 780 g/mol. The molecule has 13 rings (SSSR count). The SMILES string of the molecule is Cc1ccc(-c2ccc(-c3ccc(N(c4ccc(-c5ccccc5)cc4)c4ccc5c(c4)C(C)(C)c4ccccc4-5)cc3)c3c2C2c4ccccc4C3c3ccccc32)cc1. The Morgan fingerprint density at radius 1 is 0.344 bits per heavy atom. The van der Waals surface area contributed by atoms with Crippen LogP contribution in [0.3, 0.4) is 0 Å². The molecule has 290 valence electrons. The average Bonchev–Trinajstić information content (AvgIpc) is 3.55. The monoisotopic (exact) mass is 779 g/mol. The summed E-state index contributed by atoms with van der Waals surface area (Å²) >= 11 is 0. The van der Waals surface area contributed by atoms with Gasteiger partial charge in [-0.05, 0) is 132 Å². The third-order valence-electron chi connectivity index (χ3n) is 14.0. The predicted octanol–water partition coefficient (Wildman–Crippen LogP) is 15.8. The van der Waals surface area contributed by atoms with E-state index < -0.39 is 0 Å². The van der Waals surface area contributed by atoms with Gasteiger partial charge in [0.1, 0.15) is 0 Å². The lowest BCUT2D eigenvalue weighted by molar-refractivity contribution is 0.660. The smallest absolute Gasteiger partial charge is 0.0465 e. The molecule has 61 heavy (non-hydrogen) atoms. The van der Waals surface area contributed by atoms with Gasteiger partial charge in [-0.15, -0.1) is 0 Å². The maximum Gasteiger partial charge on any atom is 0.0465 e. The molecule has 9 aromatic rings.